The quantitative estimate of drug-likeness (QED) is 0.127. The third kappa shape index (κ3) is 7.92. The molecular formula is C46H68F6O. The van der Waals surface area contributed by atoms with Crippen molar-refractivity contribution >= 4 is 0 Å². The molecule has 53 heavy (non-hydrogen) atoms. The lowest BCUT2D eigenvalue weighted by Gasteiger charge is -2.53. The average Bonchev–Trinajstić information content (AvgIpc) is 3.20. The lowest BCUT2D eigenvalue weighted by Crippen LogP contribution is -2.52. The molecule has 4 fully saturated rings. The third-order valence-corrected chi connectivity index (χ3v) is 15.5. The summed E-state index contributed by atoms with van der Waals surface area (Å²) in [5.41, 5.74) is -6.95. The van der Waals surface area contributed by atoms with Crippen LogP contribution in [0.3, 0.4) is 0 Å². The Kier molecular flexibility index (Phi) is 13.8. The Balaban J connectivity index is 1.10. The predicted octanol–water partition coefficient (Wildman–Crippen LogP) is 15.0. The summed E-state index contributed by atoms with van der Waals surface area (Å²) in [4.78, 5) is 0. The van der Waals surface area contributed by atoms with Crippen molar-refractivity contribution in [3.8, 4) is 0 Å². The highest BCUT2D eigenvalue weighted by atomic mass is 19.2. The number of allylic oxidation sites excluding steroid dienone is 4. The van der Waals surface area contributed by atoms with E-state index in [0.717, 1.165) is 103 Å². The molecule has 0 spiro atoms. The first-order valence-corrected chi connectivity index (χ1v) is 22.0. The van der Waals surface area contributed by atoms with Gasteiger partial charge in [-0.25, -0.2) is 26.3 Å². The van der Waals surface area contributed by atoms with E-state index in [4.69, 9.17) is 4.74 Å². The number of alkyl halides is 2. The van der Waals surface area contributed by atoms with Crippen molar-refractivity contribution < 1.29 is 31.1 Å². The third-order valence-electron chi connectivity index (χ3n) is 15.5. The van der Waals surface area contributed by atoms with Crippen LogP contribution in [0.1, 0.15) is 168 Å². The van der Waals surface area contributed by atoms with Crippen molar-refractivity contribution in [2.75, 3.05) is 13.2 Å². The van der Waals surface area contributed by atoms with Crippen LogP contribution in [-0.2, 0) is 4.74 Å². The molecule has 6 aliphatic rings. The highest BCUT2D eigenvalue weighted by Crippen LogP contribution is 2.63. The Morgan fingerprint density at radius 2 is 0.906 bits per heavy atom. The Morgan fingerprint density at radius 3 is 1.25 bits per heavy atom. The second kappa shape index (κ2) is 17.7. The van der Waals surface area contributed by atoms with Gasteiger partial charge in [-0.05, 0) is 87.2 Å². The van der Waals surface area contributed by atoms with Crippen LogP contribution in [0.4, 0.5) is 26.3 Å². The monoisotopic (exact) mass is 751 g/mol. The van der Waals surface area contributed by atoms with Crippen molar-refractivity contribution in [2.24, 2.45) is 46.3 Å². The molecule has 4 atom stereocenters. The minimum atomic E-state index is -2.51. The summed E-state index contributed by atoms with van der Waals surface area (Å²) in [6, 6.07) is 0. The van der Waals surface area contributed by atoms with Gasteiger partial charge in [0.1, 0.15) is 11.7 Å². The first-order chi connectivity index (χ1) is 25.5. The van der Waals surface area contributed by atoms with Gasteiger partial charge in [0.05, 0.1) is 25.0 Å². The molecule has 4 saturated carbocycles. The van der Waals surface area contributed by atoms with E-state index < -0.39 is 57.3 Å². The highest BCUT2D eigenvalue weighted by Gasteiger charge is 2.61. The van der Waals surface area contributed by atoms with Gasteiger partial charge < -0.3 is 4.74 Å². The molecule has 0 bridgehead atoms. The van der Waals surface area contributed by atoms with E-state index in [9.17, 15) is 0 Å². The SMILES string of the molecule is CCCC[C@H]1CC[C@H](C2([C@@]3(F)C=C[C@@H](COC[C@@H]4C=C[C@](F)(C5([C@H]6CC[C@H](CCCC)CC6)CCCCC5)C(F)=C4F)C(F)=C3F)CCCCC2)CC1. The lowest BCUT2D eigenvalue weighted by molar-refractivity contribution is -0.0619. The Hall–Kier alpha value is -1.50. The van der Waals surface area contributed by atoms with Crippen LogP contribution in [-0.4, -0.2) is 24.6 Å². The molecule has 0 aliphatic heterocycles. The van der Waals surface area contributed by atoms with Gasteiger partial charge in [0.25, 0.3) is 0 Å². The molecule has 6 aliphatic carbocycles. The van der Waals surface area contributed by atoms with Gasteiger partial charge in [0.15, 0.2) is 23.0 Å². The smallest absolute Gasteiger partial charge is 0.188 e. The van der Waals surface area contributed by atoms with Crippen LogP contribution < -0.4 is 0 Å². The van der Waals surface area contributed by atoms with Crippen LogP contribution in [0, 0.1) is 46.3 Å². The van der Waals surface area contributed by atoms with Gasteiger partial charge in [0.2, 0.25) is 0 Å². The molecule has 6 rings (SSSR count). The van der Waals surface area contributed by atoms with Crippen LogP contribution in [0.25, 0.3) is 0 Å². The zero-order chi connectivity index (χ0) is 37.7. The van der Waals surface area contributed by atoms with Crippen LogP contribution >= 0.6 is 0 Å². The molecule has 0 radical (unpaired) electrons. The molecule has 0 amide bonds. The van der Waals surface area contributed by atoms with Crippen LogP contribution in [0.2, 0.25) is 0 Å². The summed E-state index contributed by atoms with van der Waals surface area (Å²) >= 11 is 0. The zero-order valence-electron chi connectivity index (χ0n) is 32.8. The Morgan fingerprint density at radius 1 is 0.547 bits per heavy atom. The van der Waals surface area contributed by atoms with E-state index in [0.29, 0.717) is 37.5 Å². The second-order valence-corrected chi connectivity index (χ2v) is 18.4. The van der Waals surface area contributed by atoms with Gasteiger partial charge in [-0.2, -0.15) is 0 Å². The van der Waals surface area contributed by atoms with Gasteiger partial charge >= 0.3 is 0 Å². The van der Waals surface area contributed by atoms with Crippen molar-refractivity contribution in [1.82, 2.24) is 0 Å². The maximum atomic E-state index is 17.2. The van der Waals surface area contributed by atoms with Crippen molar-refractivity contribution in [2.45, 2.75) is 179 Å². The molecule has 0 saturated heterocycles. The highest BCUT2D eigenvalue weighted by molar-refractivity contribution is 5.37. The lowest BCUT2D eigenvalue weighted by atomic mass is 9.53. The van der Waals surface area contributed by atoms with E-state index in [1.54, 1.807) is 0 Å². The minimum absolute atomic E-state index is 0.000575. The molecule has 0 aromatic heterocycles. The van der Waals surface area contributed by atoms with Crippen molar-refractivity contribution in [1.29, 1.82) is 0 Å². The molecule has 300 valence electrons. The average molecular weight is 751 g/mol. The molecular weight excluding hydrogens is 682 g/mol. The van der Waals surface area contributed by atoms with Gasteiger partial charge in [-0.3, -0.25) is 0 Å². The van der Waals surface area contributed by atoms with Crippen molar-refractivity contribution in [3.63, 3.8) is 0 Å². The van der Waals surface area contributed by atoms with E-state index in [2.05, 4.69) is 13.8 Å². The van der Waals surface area contributed by atoms with E-state index in [-0.39, 0.29) is 25.0 Å². The molecule has 0 aromatic rings. The fourth-order valence-electron chi connectivity index (χ4n) is 12.3. The second-order valence-electron chi connectivity index (χ2n) is 18.4. The van der Waals surface area contributed by atoms with Gasteiger partial charge in [-0.1, -0.05) is 129 Å². The summed E-state index contributed by atoms with van der Waals surface area (Å²) in [6.45, 7) is 3.70. The number of halogens is 6. The molecule has 0 heterocycles. The van der Waals surface area contributed by atoms with Crippen LogP contribution in [0.15, 0.2) is 47.6 Å². The normalized spacial score (nSPS) is 37.7. The van der Waals surface area contributed by atoms with Gasteiger partial charge in [-0.15, -0.1) is 0 Å². The largest absolute Gasteiger partial charge is 0.379 e. The molecule has 0 aromatic carbocycles. The van der Waals surface area contributed by atoms with E-state index in [1.165, 1.54) is 50.0 Å². The molecule has 0 unspecified atom stereocenters. The number of hydrogen-bond donors (Lipinski definition) is 0. The minimum Gasteiger partial charge on any atom is -0.379 e. The number of ether oxygens (including phenoxy) is 1. The fourth-order valence-corrected chi connectivity index (χ4v) is 12.3. The number of unbranched alkanes of at least 4 members (excludes halogenated alkanes) is 2. The molecule has 1 nitrogen and oxygen atoms in total. The number of rotatable bonds is 14. The van der Waals surface area contributed by atoms with Gasteiger partial charge in [0, 0.05) is 10.8 Å². The van der Waals surface area contributed by atoms with E-state index in [1.807, 2.05) is 0 Å². The number of hydrogen-bond acceptors (Lipinski definition) is 1. The summed E-state index contributed by atoms with van der Waals surface area (Å²) in [5, 5.41) is 0. The first kappa shape index (κ1) is 41.1. The molecule has 0 N–H and O–H groups in total. The van der Waals surface area contributed by atoms with Crippen LogP contribution in [0.5, 0.6) is 0 Å². The maximum Gasteiger partial charge on any atom is 0.188 e. The van der Waals surface area contributed by atoms with Crippen molar-refractivity contribution in [3.05, 3.63) is 47.6 Å². The summed E-state index contributed by atoms with van der Waals surface area (Å²) < 4.78 is 104. The fraction of sp³-hybridized carbons (Fsp3) is 0.826. The Bertz CT molecular complexity index is 1220. The standard InChI is InChI=1S/C46H68F6O/c1-3-5-13-33-15-19-37(20-16-33)43(25-9-7-10-26-43)45(51)29-23-35(39(47)41(45)49)31-53-32-36-24-30-46(52,42(50)40(36)48)44(27-11-8-12-28-44)38-21-17-34(18-22-38)14-6-4-2/h23-24,29-30,33-38H,3-22,25-28,31-32H2,1-2H3/t33-,34-,35-,36-,37-,38-,45+,46+/m0/s1. The summed E-state index contributed by atoms with van der Waals surface area (Å²) in [7, 11) is 0. The Labute approximate surface area is 316 Å². The molecule has 7 heteroatoms. The van der Waals surface area contributed by atoms with E-state index >= 15 is 26.3 Å². The summed E-state index contributed by atoms with van der Waals surface area (Å²) in [5.74, 6) is -6.06. The topological polar surface area (TPSA) is 9.23 Å². The summed E-state index contributed by atoms with van der Waals surface area (Å²) in [6.07, 6.45) is 27.2. The first-order valence-electron chi connectivity index (χ1n) is 22.0. The maximum absolute atomic E-state index is 17.2. The zero-order valence-corrected chi connectivity index (χ0v) is 32.8. The predicted molar refractivity (Wildman–Crippen MR) is 203 cm³/mol.